The molecule has 0 atom stereocenters. The number of rotatable bonds is 5. The smallest absolute Gasteiger partial charge is 0.145 e. The lowest BCUT2D eigenvalue weighted by Crippen LogP contribution is -2.05. The highest BCUT2D eigenvalue weighted by Gasteiger charge is 2.13. The van der Waals surface area contributed by atoms with Crippen molar-refractivity contribution in [1.29, 1.82) is 0 Å². The molecule has 1 N–H and O–H groups in total. The Bertz CT molecular complexity index is 1180. The molecule has 0 spiro atoms. The Balaban J connectivity index is 1.78. The fraction of sp³-hybridized carbons (Fsp3) is 0.182. The van der Waals surface area contributed by atoms with Gasteiger partial charge in [0.05, 0.1) is 25.0 Å². The zero-order valence-electron chi connectivity index (χ0n) is 16.4. The molecule has 146 valence electrons. The van der Waals surface area contributed by atoms with Crippen LogP contribution < -0.4 is 10.1 Å². The molecule has 0 aliphatic rings. The molecule has 0 amide bonds. The van der Waals surface area contributed by atoms with Gasteiger partial charge in [-0.3, -0.25) is 0 Å². The van der Waals surface area contributed by atoms with E-state index in [0.29, 0.717) is 23.6 Å². The van der Waals surface area contributed by atoms with Gasteiger partial charge in [-0.15, -0.1) is 0 Å². The zero-order chi connectivity index (χ0) is 20.4. The van der Waals surface area contributed by atoms with Gasteiger partial charge in [0.25, 0.3) is 0 Å². The van der Waals surface area contributed by atoms with E-state index in [1.54, 1.807) is 13.2 Å². The van der Waals surface area contributed by atoms with Crippen molar-refractivity contribution in [3.05, 3.63) is 71.6 Å². The molecule has 7 heteroatoms. The van der Waals surface area contributed by atoms with Crippen LogP contribution in [0, 0.1) is 19.7 Å². The summed E-state index contributed by atoms with van der Waals surface area (Å²) in [4.78, 5) is 8.79. The quantitative estimate of drug-likeness (QED) is 0.543. The van der Waals surface area contributed by atoms with Crippen molar-refractivity contribution in [1.82, 2.24) is 20.2 Å². The SMILES string of the molecule is COc1cc(-c2ccc(F)cc2C)cc2c(NCc3ccc(C)nn3)ncnc12. The predicted molar refractivity (Wildman–Crippen MR) is 110 cm³/mol. The van der Waals surface area contributed by atoms with Gasteiger partial charge < -0.3 is 10.1 Å². The van der Waals surface area contributed by atoms with Gasteiger partial charge in [-0.25, -0.2) is 14.4 Å². The summed E-state index contributed by atoms with van der Waals surface area (Å²) in [6.07, 6.45) is 1.50. The number of aryl methyl sites for hydroxylation is 2. The molecule has 0 saturated carbocycles. The Kier molecular flexibility index (Phi) is 5.03. The topological polar surface area (TPSA) is 72.8 Å². The van der Waals surface area contributed by atoms with Crippen molar-refractivity contribution in [2.45, 2.75) is 20.4 Å². The van der Waals surface area contributed by atoms with Gasteiger partial charge in [-0.05, 0) is 66.9 Å². The van der Waals surface area contributed by atoms with Gasteiger partial charge in [0.15, 0.2) is 0 Å². The van der Waals surface area contributed by atoms with E-state index in [4.69, 9.17) is 4.74 Å². The van der Waals surface area contributed by atoms with Crippen molar-refractivity contribution < 1.29 is 9.13 Å². The summed E-state index contributed by atoms with van der Waals surface area (Å²) in [7, 11) is 1.60. The van der Waals surface area contributed by atoms with E-state index in [2.05, 4.69) is 25.5 Å². The summed E-state index contributed by atoms with van der Waals surface area (Å²) < 4.78 is 19.1. The Morgan fingerprint density at radius 3 is 2.59 bits per heavy atom. The lowest BCUT2D eigenvalue weighted by Gasteiger charge is -2.13. The number of nitrogens with one attached hydrogen (secondary N) is 1. The number of benzene rings is 2. The number of anilines is 1. The summed E-state index contributed by atoms with van der Waals surface area (Å²) in [5.74, 6) is 1.03. The molecule has 6 nitrogen and oxygen atoms in total. The molecule has 0 saturated heterocycles. The number of halogens is 1. The molecule has 0 fully saturated rings. The van der Waals surface area contributed by atoms with Gasteiger partial charge in [0.2, 0.25) is 0 Å². The Labute approximate surface area is 167 Å². The van der Waals surface area contributed by atoms with Crippen LogP contribution in [0.1, 0.15) is 17.0 Å². The van der Waals surface area contributed by atoms with E-state index in [1.807, 2.05) is 38.1 Å². The molecule has 0 aliphatic carbocycles. The summed E-state index contributed by atoms with van der Waals surface area (Å²) in [6.45, 7) is 4.25. The molecule has 4 aromatic rings. The fourth-order valence-electron chi connectivity index (χ4n) is 3.23. The minimum atomic E-state index is -0.260. The predicted octanol–water partition coefficient (Wildman–Crippen LogP) is 4.46. The second-order valence-corrected chi connectivity index (χ2v) is 6.78. The maximum absolute atomic E-state index is 13.5. The molecule has 2 heterocycles. The van der Waals surface area contributed by atoms with Crippen LogP contribution in [0.4, 0.5) is 10.2 Å². The van der Waals surface area contributed by atoms with Crippen molar-refractivity contribution in [2.24, 2.45) is 0 Å². The van der Waals surface area contributed by atoms with E-state index < -0.39 is 0 Å². The molecule has 0 unspecified atom stereocenters. The molecule has 0 bridgehead atoms. The lowest BCUT2D eigenvalue weighted by atomic mass is 9.98. The molecule has 2 aromatic heterocycles. The van der Waals surface area contributed by atoms with Gasteiger partial charge in [-0.2, -0.15) is 10.2 Å². The third-order valence-electron chi connectivity index (χ3n) is 4.71. The van der Waals surface area contributed by atoms with Crippen LogP contribution in [-0.4, -0.2) is 27.3 Å². The number of hydrogen-bond acceptors (Lipinski definition) is 6. The van der Waals surface area contributed by atoms with Gasteiger partial charge in [0, 0.05) is 5.39 Å². The molecule has 0 radical (unpaired) electrons. The van der Waals surface area contributed by atoms with Crippen LogP contribution in [0.15, 0.2) is 48.8 Å². The van der Waals surface area contributed by atoms with E-state index >= 15 is 0 Å². The number of hydrogen-bond donors (Lipinski definition) is 1. The zero-order valence-corrected chi connectivity index (χ0v) is 16.4. The Hall–Kier alpha value is -3.61. The minimum absolute atomic E-state index is 0.260. The van der Waals surface area contributed by atoms with Crippen LogP contribution in [-0.2, 0) is 6.54 Å². The summed E-state index contributed by atoms with van der Waals surface area (Å²) in [5.41, 5.74) is 5.03. The second kappa shape index (κ2) is 7.79. The molecule has 29 heavy (non-hydrogen) atoms. The lowest BCUT2D eigenvalue weighted by molar-refractivity contribution is 0.419. The number of aromatic nitrogens is 4. The average Bonchev–Trinajstić information content (AvgIpc) is 2.72. The standard InChI is InChI=1S/C22H20FN5O/c1-13-8-16(23)5-7-18(13)15-9-19-21(20(10-15)29-3)25-12-26-22(19)24-11-17-6-4-14(2)27-28-17/h4-10,12H,11H2,1-3H3,(H,24,25,26). The third-order valence-corrected chi connectivity index (χ3v) is 4.71. The monoisotopic (exact) mass is 389 g/mol. The number of nitrogens with zero attached hydrogens (tertiary/aromatic N) is 4. The second-order valence-electron chi connectivity index (χ2n) is 6.78. The van der Waals surface area contributed by atoms with Gasteiger partial charge >= 0.3 is 0 Å². The average molecular weight is 389 g/mol. The first-order valence-corrected chi connectivity index (χ1v) is 9.17. The normalized spacial score (nSPS) is 10.9. The van der Waals surface area contributed by atoms with Crippen LogP contribution in [0.3, 0.4) is 0 Å². The highest BCUT2D eigenvalue weighted by atomic mass is 19.1. The van der Waals surface area contributed by atoms with Crippen LogP contribution in [0.25, 0.3) is 22.0 Å². The molecular formula is C22H20FN5O. The van der Waals surface area contributed by atoms with Crippen molar-refractivity contribution in [2.75, 3.05) is 12.4 Å². The van der Waals surface area contributed by atoms with Gasteiger partial charge in [-0.1, -0.05) is 6.07 Å². The molecule has 2 aromatic carbocycles. The molecule has 4 rings (SSSR count). The Morgan fingerprint density at radius 2 is 1.86 bits per heavy atom. The van der Waals surface area contributed by atoms with Gasteiger partial charge in [0.1, 0.15) is 29.2 Å². The minimum Gasteiger partial charge on any atom is -0.494 e. The highest BCUT2D eigenvalue weighted by Crippen LogP contribution is 2.35. The maximum Gasteiger partial charge on any atom is 0.145 e. The summed E-state index contributed by atoms with van der Waals surface area (Å²) >= 11 is 0. The molecular weight excluding hydrogens is 369 g/mol. The van der Waals surface area contributed by atoms with Crippen LogP contribution >= 0.6 is 0 Å². The number of ether oxygens (including phenoxy) is 1. The maximum atomic E-state index is 13.5. The fourth-order valence-corrected chi connectivity index (χ4v) is 3.23. The number of methoxy groups -OCH3 is 1. The summed E-state index contributed by atoms with van der Waals surface area (Å²) in [6, 6.07) is 12.5. The molecule has 0 aliphatic heterocycles. The van der Waals surface area contributed by atoms with Crippen molar-refractivity contribution >= 4 is 16.7 Å². The first kappa shape index (κ1) is 18.7. The van der Waals surface area contributed by atoms with E-state index in [9.17, 15) is 4.39 Å². The van der Waals surface area contributed by atoms with Crippen LogP contribution in [0.2, 0.25) is 0 Å². The number of fused-ring (bicyclic) bond motifs is 1. The largest absolute Gasteiger partial charge is 0.494 e. The first-order chi connectivity index (χ1) is 14.0. The summed E-state index contributed by atoms with van der Waals surface area (Å²) in [5, 5.41) is 12.4. The first-order valence-electron chi connectivity index (χ1n) is 9.17. The van der Waals surface area contributed by atoms with E-state index in [1.165, 1.54) is 18.5 Å². The van der Waals surface area contributed by atoms with Crippen LogP contribution in [0.5, 0.6) is 5.75 Å². The van der Waals surface area contributed by atoms with E-state index in [0.717, 1.165) is 33.5 Å². The Morgan fingerprint density at radius 1 is 1.00 bits per heavy atom. The third kappa shape index (κ3) is 3.85. The van der Waals surface area contributed by atoms with Crippen molar-refractivity contribution in [3.63, 3.8) is 0 Å². The highest BCUT2D eigenvalue weighted by molar-refractivity contribution is 5.96. The van der Waals surface area contributed by atoms with E-state index in [-0.39, 0.29) is 5.82 Å². The van der Waals surface area contributed by atoms with Crippen molar-refractivity contribution in [3.8, 4) is 16.9 Å².